The highest BCUT2D eigenvalue weighted by Gasteiger charge is 2.18. The van der Waals surface area contributed by atoms with Crippen LogP contribution in [0.4, 0.5) is 0 Å². The summed E-state index contributed by atoms with van der Waals surface area (Å²) < 4.78 is 4.45. The van der Waals surface area contributed by atoms with Gasteiger partial charge in [-0.15, -0.1) is 0 Å². The Morgan fingerprint density at radius 1 is 0.377 bits per heavy atom. The molecular weight excluding hydrogens is 643 g/mol. The van der Waals surface area contributed by atoms with E-state index in [0.717, 1.165) is 44.9 Å². The Morgan fingerprint density at radius 3 is 1.74 bits per heavy atom. The van der Waals surface area contributed by atoms with Gasteiger partial charge in [0.05, 0.1) is 16.6 Å². The predicted molar refractivity (Wildman–Crippen MR) is 219 cm³/mol. The molecule has 3 heteroatoms. The summed E-state index contributed by atoms with van der Waals surface area (Å²) in [5.41, 5.74) is 13.4. The lowest BCUT2D eigenvalue weighted by Gasteiger charge is -2.15. The Morgan fingerprint density at radius 2 is 0.962 bits per heavy atom. The van der Waals surface area contributed by atoms with Gasteiger partial charge in [-0.1, -0.05) is 156 Å². The van der Waals surface area contributed by atoms with Crippen molar-refractivity contribution in [2.24, 2.45) is 0 Å². The van der Waals surface area contributed by atoms with Crippen LogP contribution >= 0.6 is 0 Å². The van der Waals surface area contributed by atoms with Crippen LogP contribution < -0.4 is 4.68 Å². The van der Waals surface area contributed by atoms with E-state index in [-0.39, 0.29) is 0 Å². The molecule has 248 valence electrons. The Kier molecular flexibility index (Phi) is 7.47. The third-order valence-corrected chi connectivity index (χ3v) is 10.2. The van der Waals surface area contributed by atoms with Crippen molar-refractivity contribution < 1.29 is 4.68 Å². The van der Waals surface area contributed by atoms with Crippen molar-refractivity contribution in [3.8, 4) is 56.0 Å². The van der Waals surface area contributed by atoms with E-state index in [2.05, 4.69) is 199 Å². The van der Waals surface area contributed by atoms with Crippen LogP contribution in [0.1, 0.15) is 0 Å². The van der Waals surface area contributed by atoms with Gasteiger partial charge in [0, 0.05) is 44.6 Å². The summed E-state index contributed by atoms with van der Waals surface area (Å²) in [6.45, 7) is 0. The lowest BCUT2D eigenvalue weighted by atomic mass is 9.95. The molecule has 53 heavy (non-hydrogen) atoms. The fraction of sp³-hybridized carbons (Fsp3) is 0. The van der Waals surface area contributed by atoms with Crippen molar-refractivity contribution in [3.63, 3.8) is 0 Å². The maximum atomic E-state index is 5.05. The van der Waals surface area contributed by atoms with Crippen molar-refractivity contribution in [1.82, 2.24) is 9.67 Å². The number of hydrogen-bond donors (Lipinski definition) is 0. The van der Waals surface area contributed by atoms with E-state index < -0.39 is 0 Å². The smallest absolute Gasteiger partial charge is 0.238 e. The third kappa shape index (κ3) is 5.56. The zero-order valence-corrected chi connectivity index (χ0v) is 29.0. The quantitative estimate of drug-likeness (QED) is 0.161. The van der Waals surface area contributed by atoms with Crippen molar-refractivity contribution in [1.29, 1.82) is 0 Å². The second-order valence-electron chi connectivity index (χ2n) is 13.5. The highest BCUT2D eigenvalue weighted by Crippen LogP contribution is 2.39. The van der Waals surface area contributed by atoms with E-state index in [1.165, 1.54) is 43.7 Å². The summed E-state index contributed by atoms with van der Waals surface area (Å²) >= 11 is 0. The standard InChI is InChI=1S/C50H34N3/c1-4-15-35(16-5-1)40-30-41(32-44(31-40)53-49-26-13-12-25-46(49)47-28-27-36-17-10-11-24-45(36)50(47)53)38-20-14-21-39(29-38)42-33-48(37-18-6-2-7-19-37)51-52(34-42)43-22-8-3-9-23-43/h1-34H/q+1. The van der Waals surface area contributed by atoms with Crippen LogP contribution in [0, 0.1) is 0 Å². The molecule has 0 aliphatic rings. The largest absolute Gasteiger partial charge is 0.309 e. The first-order chi connectivity index (χ1) is 26.3. The molecule has 0 aliphatic carbocycles. The third-order valence-electron chi connectivity index (χ3n) is 10.2. The first kappa shape index (κ1) is 30.7. The van der Waals surface area contributed by atoms with Gasteiger partial charge in [0.25, 0.3) is 0 Å². The zero-order valence-electron chi connectivity index (χ0n) is 29.0. The van der Waals surface area contributed by atoms with Gasteiger partial charge < -0.3 is 4.57 Å². The molecule has 3 nitrogen and oxygen atoms in total. The molecular formula is C50H34N3+. The second kappa shape index (κ2) is 12.9. The number of nitrogens with zero attached hydrogens (tertiary/aromatic N) is 3. The fourth-order valence-electron chi connectivity index (χ4n) is 7.69. The molecule has 10 rings (SSSR count). The van der Waals surface area contributed by atoms with E-state index in [1.807, 2.05) is 16.8 Å². The number of fused-ring (bicyclic) bond motifs is 5. The molecule has 0 fully saturated rings. The number of para-hydroxylation sites is 2. The SMILES string of the molecule is c1ccc(-c2cc(-c3cccc(-c4cc(-c5ccccc5)n[n+](-c5ccccc5)c4)c3)cc(-n3c4ccccc4c4ccc5ccccc5c43)c2)cc1. The molecule has 0 saturated carbocycles. The molecule has 0 atom stereocenters. The van der Waals surface area contributed by atoms with Crippen LogP contribution in [-0.4, -0.2) is 9.67 Å². The number of rotatable bonds is 6. The minimum atomic E-state index is 0.921. The van der Waals surface area contributed by atoms with E-state index in [1.54, 1.807) is 0 Å². The molecule has 0 bridgehead atoms. The fourth-order valence-corrected chi connectivity index (χ4v) is 7.69. The predicted octanol–water partition coefficient (Wildman–Crippen LogP) is 12.3. The molecule has 0 radical (unpaired) electrons. The molecule has 2 aromatic heterocycles. The van der Waals surface area contributed by atoms with Crippen molar-refractivity contribution >= 4 is 32.6 Å². The summed E-state index contributed by atoms with van der Waals surface area (Å²) in [6.07, 6.45) is 2.13. The molecule has 0 N–H and O–H groups in total. The van der Waals surface area contributed by atoms with Gasteiger partial charge in [-0.3, -0.25) is 0 Å². The lowest BCUT2D eigenvalue weighted by Crippen LogP contribution is -2.35. The average Bonchev–Trinajstić information content (AvgIpc) is 3.59. The number of benzene rings is 8. The lowest BCUT2D eigenvalue weighted by molar-refractivity contribution is -0.658. The maximum absolute atomic E-state index is 5.05. The molecule has 10 aromatic rings. The van der Waals surface area contributed by atoms with Crippen molar-refractivity contribution in [2.75, 3.05) is 0 Å². The summed E-state index contributed by atoms with van der Waals surface area (Å²) in [4.78, 5) is 0. The van der Waals surface area contributed by atoms with Gasteiger partial charge in [-0.2, -0.15) is 0 Å². The minimum Gasteiger partial charge on any atom is -0.309 e. The summed E-state index contributed by atoms with van der Waals surface area (Å²) in [5, 5.41) is 10.0. The average molecular weight is 677 g/mol. The second-order valence-corrected chi connectivity index (χ2v) is 13.5. The van der Waals surface area contributed by atoms with Crippen molar-refractivity contribution in [2.45, 2.75) is 0 Å². The van der Waals surface area contributed by atoms with Crippen molar-refractivity contribution in [3.05, 3.63) is 206 Å². The molecule has 0 unspecified atom stereocenters. The Bertz CT molecular complexity index is 2870. The monoisotopic (exact) mass is 676 g/mol. The Hall–Kier alpha value is -7.10. The summed E-state index contributed by atoms with van der Waals surface area (Å²) in [5.74, 6) is 0. The molecule has 0 spiro atoms. The molecule has 0 saturated heterocycles. The summed E-state index contributed by atoms with van der Waals surface area (Å²) in [7, 11) is 0. The van der Waals surface area contributed by atoms with Gasteiger partial charge in [0.15, 0.2) is 0 Å². The topological polar surface area (TPSA) is 21.7 Å². The van der Waals surface area contributed by atoms with E-state index in [0.29, 0.717) is 0 Å². The number of hydrogen-bond acceptors (Lipinski definition) is 1. The molecule has 2 heterocycles. The number of aromatic nitrogens is 3. The maximum Gasteiger partial charge on any atom is 0.238 e. The Balaban J connectivity index is 1.19. The van der Waals surface area contributed by atoms with Gasteiger partial charge in [-0.25, -0.2) is 0 Å². The van der Waals surface area contributed by atoms with Crippen LogP contribution in [0.2, 0.25) is 0 Å². The van der Waals surface area contributed by atoms with Crippen LogP contribution in [0.25, 0.3) is 88.6 Å². The normalized spacial score (nSPS) is 11.4. The highest BCUT2D eigenvalue weighted by molar-refractivity contribution is 6.18. The summed E-state index contributed by atoms with van der Waals surface area (Å²) in [6, 6.07) is 71.6. The van der Waals surface area contributed by atoms with Gasteiger partial charge >= 0.3 is 0 Å². The van der Waals surface area contributed by atoms with Crippen LogP contribution in [0.15, 0.2) is 206 Å². The van der Waals surface area contributed by atoms with E-state index in [9.17, 15) is 0 Å². The highest BCUT2D eigenvalue weighted by atomic mass is 15.3. The Labute approximate surface area is 308 Å². The molecule has 8 aromatic carbocycles. The van der Waals surface area contributed by atoms with E-state index in [4.69, 9.17) is 5.10 Å². The minimum absolute atomic E-state index is 0.921. The van der Waals surface area contributed by atoms with Crippen LogP contribution in [0.3, 0.4) is 0 Å². The molecule has 0 amide bonds. The first-order valence-corrected chi connectivity index (χ1v) is 18.0. The first-order valence-electron chi connectivity index (χ1n) is 18.0. The van der Waals surface area contributed by atoms with Gasteiger partial charge in [0.2, 0.25) is 11.9 Å². The van der Waals surface area contributed by atoms with Gasteiger partial charge in [0.1, 0.15) is 5.69 Å². The van der Waals surface area contributed by atoms with Crippen LogP contribution in [0.5, 0.6) is 0 Å². The van der Waals surface area contributed by atoms with Crippen LogP contribution in [-0.2, 0) is 0 Å². The van der Waals surface area contributed by atoms with E-state index >= 15 is 0 Å². The molecule has 0 aliphatic heterocycles. The van der Waals surface area contributed by atoms with Gasteiger partial charge in [-0.05, 0) is 69.6 Å². The zero-order chi connectivity index (χ0) is 35.1.